The van der Waals surface area contributed by atoms with E-state index in [4.69, 9.17) is 15.0 Å². The Kier molecular flexibility index (Phi) is 18.9. The van der Waals surface area contributed by atoms with Crippen LogP contribution < -0.4 is 0 Å². The standard InChI is InChI=1S/C4H10O.C2H6O.C2H4O/c1-4(2,3)5;2*1-2-3/h5H,1-3H3;3H,2H2,1H3;2H,1H3. The minimum Gasteiger partial charge on any atom is -0.397 e. The molecular formula is C8H20O3. The molecule has 0 bridgehead atoms. The van der Waals surface area contributed by atoms with Crippen molar-refractivity contribution in [3.05, 3.63) is 0 Å². The first-order valence-electron chi connectivity index (χ1n) is 3.56. The molecule has 0 amide bonds. The highest BCUT2D eigenvalue weighted by atomic mass is 16.3. The Labute approximate surface area is 69.1 Å². The molecule has 2 N–H and O–H groups in total. The van der Waals surface area contributed by atoms with Gasteiger partial charge in [-0.15, -0.1) is 0 Å². The maximum atomic E-state index is 8.81. The molecule has 0 radical (unpaired) electrons. The average Bonchev–Trinajstić information content (AvgIpc) is 1.62. The first-order chi connectivity index (χ1) is 4.83. The highest BCUT2D eigenvalue weighted by Crippen LogP contribution is 1.93. The van der Waals surface area contributed by atoms with Gasteiger partial charge in [-0.3, -0.25) is 0 Å². The molecule has 0 aliphatic carbocycles. The van der Waals surface area contributed by atoms with Crippen LogP contribution in [0.4, 0.5) is 0 Å². The zero-order valence-corrected chi connectivity index (χ0v) is 8.09. The molecule has 0 saturated heterocycles. The summed E-state index contributed by atoms with van der Waals surface area (Å²) >= 11 is 0. The van der Waals surface area contributed by atoms with Gasteiger partial charge in [-0.25, -0.2) is 0 Å². The van der Waals surface area contributed by atoms with Gasteiger partial charge in [-0.2, -0.15) is 0 Å². The highest BCUT2D eigenvalue weighted by Gasteiger charge is 1.97. The van der Waals surface area contributed by atoms with Crippen LogP contribution in [0, 0.1) is 0 Å². The third-order valence-electron chi connectivity index (χ3n) is 0. The van der Waals surface area contributed by atoms with Gasteiger partial charge < -0.3 is 15.0 Å². The fourth-order valence-electron chi connectivity index (χ4n) is 0. The number of carbonyl (C=O) groups excluding carboxylic acids is 1. The summed E-state index contributed by atoms with van der Waals surface area (Å²) in [7, 11) is 0. The molecule has 0 heterocycles. The van der Waals surface area contributed by atoms with Crippen LogP contribution in [0.5, 0.6) is 0 Å². The van der Waals surface area contributed by atoms with E-state index in [0.717, 1.165) is 6.29 Å². The summed E-state index contributed by atoms with van der Waals surface area (Å²) in [5, 5.41) is 16.1. The second kappa shape index (κ2) is 12.3. The molecule has 0 atom stereocenters. The van der Waals surface area contributed by atoms with Gasteiger partial charge >= 0.3 is 0 Å². The van der Waals surface area contributed by atoms with Gasteiger partial charge in [0.05, 0.1) is 5.60 Å². The van der Waals surface area contributed by atoms with E-state index in [2.05, 4.69) is 0 Å². The monoisotopic (exact) mass is 164 g/mol. The molecule has 0 spiro atoms. The molecule has 70 valence electrons. The van der Waals surface area contributed by atoms with Gasteiger partial charge in [-0.05, 0) is 34.6 Å². The van der Waals surface area contributed by atoms with E-state index in [1.807, 2.05) is 0 Å². The highest BCUT2D eigenvalue weighted by molar-refractivity contribution is 5.44. The first-order valence-corrected chi connectivity index (χ1v) is 3.56. The topological polar surface area (TPSA) is 57.5 Å². The smallest absolute Gasteiger partial charge is 0.116 e. The molecule has 3 heteroatoms. The Balaban J connectivity index is -0.0000000933. The summed E-state index contributed by atoms with van der Waals surface area (Å²) in [4.78, 5) is 8.81. The van der Waals surface area contributed by atoms with Gasteiger partial charge in [-0.1, -0.05) is 0 Å². The molecule has 0 fully saturated rings. The van der Waals surface area contributed by atoms with E-state index in [-0.39, 0.29) is 6.61 Å². The quantitative estimate of drug-likeness (QED) is 0.525. The SMILES string of the molecule is CC(C)(C)O.CC=O.CCO. The van der Waals surface area contributed by atoms with Crippen molar-refractivity contribution in [2.24, 2.45) is 0 Å². The Morgan fingerprint density at radius 3 is 1.36 bits per heavy atom. The fourth-order valence-corrected chi connectivity index (χ4v) is 0. The summed E-state index contributed by atoms with van der Waals surface area (Å²) in [6.07, 6.45) is 0.750. The summed E-state index contributed by atoms with van der Waals surface area (Å²) in [5.41, 5.74) is -0.500. The molecule has 0 saturated carbocycles. The molecule has 0 aromatic rings. The number of aliphatic hydroxyl groups is 2. The summed E-state index contributed by atoms with van der Waals surface area (Å²) in [6.45, 7) is 8.60. The van der Waals surface area contributed by atoms with Crippen molar-refractivity contribution in [2.45, 2.75) is 40.2 Å². The first kappa shape index (κ1) is 16.9. The van der Waals surface area contributed by atoms with Crippen LogP contribution in [0.15, 0.2) is 0 Å². The van der Waals surface area contributed by atoms with E-state index < -0.39 is 5.60 Å². The second-order valence-electron chi connectivity index (χ2n) is 2.72. The van der Waals surface area contributed by atoms with E-state index in [1.165, 1.54) is 6.92 Å². The van der Waals surface area contributed by atoms with Gasteiger partial charge in [0.25, 0.3) is 0 Å². The van der Waals surface area contributed by atoms with Gasteiger partial charge in [0.1, 0.15) is 6.29 Å². The lowest BCUT2D eigenvalue weighted by molar-refractivity contribution is -0.106. The molecule has 0 aromatic heterocycles. The Bertz CT molecular complexity index is 58.2. The number of hydrogen-bond donors (Lipinski definition) is 2. The minimum atomic E-state index is -0.500. The number of carbonyl (C=O) groups is 1. The normalized spacial score (nSPS) is 8.27. The summed E-state index contributed by atoms with van der Waals surface area (Å²) in [5.74, 6) is 0. The number of rotatable bonds is 0. The van der Waals surface area contributed by atoms with E-state index >= 15 is 0 Å². The lowest BCUT2D eigenvalue weighted by Crippen LogP contribution is -2.10. The number of hydrogen-bond acceptors (Lipinski definition) is 3. The van der Waals surface area contributed by atoms with Crippen LogP contribution in [0.25, 0.3) is 0 Å². The van der Waals surface area contributed by atoms with Crippen LogP contribution >= 0.6 is 0 Å². The van der Waals surface area contributed by atoms with E-state index in [1.54, 1.807) is 27.7 Å². The minimum absolute atomic E-state index is 0.250. The molecule has 3 nitrogen and oxygen atoms in total. The van der Waals surface area contributed by atoms with Crippen molar-refractivity contribution in [1.29, 1.82) is 0 Å². The van der Waals surface area contributed by atoms with Crippen molar-refractivity contribution in [1.82, 2.24) is 0 Å². The van der Waals surface area contributed by atoms with Crippen molar-refractivity contribution >= 4 is 6.29 Å². The Hall–Kier alpha value is -0.410. The average molecular weight is 164 g/mol. The summed E-state index contributed by atoms with van der Waals surface area (Å²) in [6, 6.07) is 0. The molecule has 0 aliphatic heterocycles. The Morgan fingerprint density at radius 2 is 1.36 bits per heavy atom. The summed E-state index contributed by atoms with van der Waals surface area (Å²) < 4.78 is 0. The predicted molar refractivity (Wildman–Crippen MR) is 46.5 cm³/mol. The van der Waals surface area contributed by atoms with Gasteiger partial charge in [0.2, 0.25) is 0 Å². The predicted octanol–water partition coefficient (Wildman–Crippen LogP) is 0.981. The molecule has 0 aromatic carbocycles. The van der Waals surface area contributed by atoms with Crippen molar-refractivity contribution < 1.29 is 15.0 Å². The van der Waals surface area contributed by atoms with Gasteiger partial charge in [0, 0.05) is 6.61 Å². The lowest BCUT2D eigenvalue weighted by atomic mass is 10.2. The molecule has 0 rings (SSSR count). The van der Waals surface area contributed by atoms with E-state index in [0.29, 0.717) is 0 Å². The van der Waals surface area contributed by atoms with Crippen molar-refractivity contribution in [2.75, 3.05) is 6.61 Å². The van der Waals surface area contributed by atoms with Gasteiger partial charge in [0.15, 0.2) is 0 Å². The van der Waals surface area contributed by atoms with Crippen LogP contribution in [0.2, 0.25) is 0 Å². The van der Waals surface area contributed by atoms with Crippen LogP contribution in [-0.2, 0) is 4.79 Å². The maximum Gasteiger partial charge on any atom is 0.116 e. The Morgan fingerprint density at radius 1 is 1.36 bits per heavy atom. The third-order valence-corrected chi connectivity index (χ3v) is 0. The maximum absolute atomic E-state index is 8.81. The molecule has 11 heavy (non-hydrogen) atoms. The van der Waals surface area contributed by atoms with Crippen LogP contribution in [0.1, 0.15) is 34.6 Å². The van der Waals surface area contributed by atoms with E-state index in [9.17, 15) is 0 Å². The molecule has 0 unspecified atom stereocenters. The third kappa shape index (κ3) is 3290. The van der Waals surface area contributed by atoms with Crippen molar-refractivity contribution in [3.8, 4) is 0 Å². The molecule has 0 aliphatic rings. The lowest BCUT2D eigenvalue weighted by Gasteiger charge is -2.04. The van der Waals surface area contributed by atoms with Crippen LogP contribution in [-0.4, -0.2) is 28.7 Å². The van der Waals surface area contributed by atoms with Crippen LogP contribution in [0.3, 0.4) is 0 Å². The number of aldehydes is 1. The molecular weight excluding hydrogens is 144 g/mol. The fraction of sp³-hybridized carbons (Fsp3) is 0.875. The zero-order chi connectivity index (χ0) is 9.91. The second-order valence-corrected chi connectivity index (χ2v) is 2.72. The largest absolute Gasteiger partial charge is 0.397 e. The zero-order valence-electron chi connectivity index (χ0n) is 8.09. The number of aliphatic hydroxyl groups excluding tert-OH is 1. The van der Waals surface area contributed by atoms with Crippen molar-refractivity contribution in [3.63, 3.8) is 0 Å².